The number of fused-ring (bicyclic) bond motifs is 3. The molecule has 3 fully saturated rings. The van der Waals surface area contributed by atoms with Crippen LogP contribution in [0.2, 0.25) is 0 Å². The average molecular weight is 446 g/mol. The predicted molar refractivity (Wildman–Crippen MR) is 144 cm³/mol. The second-order valence-electron chi connectivity index (χ2n) is 13.4. The predicted octanol–water partition coefficient (Wildman–Crippen LogP) is 9.41. The molecule has 32 heavy (non-hydrogen) atoms. The molecule has 2 N–H and O–H groups in total. The number of nitrogens with two attached hydrogens (primary N) is 1. The van der Waals surface area contributed by atoms with Crippen LogP contribution in [0.5, 0.6) is 0 Å². The van der Waals surface area contributed by atoms with Gasteiger partial charge in [-0.3, -0.25) is 0 Å². The molecule has 0 spiro atoms. The SMILES string of the molecule is C.C=C(C)CC[C@@H](C)[C@H]1CCCC2[C@@H]3[C@@H](C)C[C@](C)(CCC)[C@](C)(CC)[C@@]3(N)CC[C@@]21C. The Bertz CT molecular complexity index is 653. The summed E-state index contributed by atoms with van der Waals surface area (Å²) < 4.78 is 0. The quantitative estimate of drug-likeness (QED) is 0.388. The minimum absolute atomic E-state index is 0. The molecular formula is C31H59N. The van der Waals surface area contributed by atoms with Crippen molar-refractivity contribution >= 4 is 0 Å². The molecule has 1 unspecified atom stereocenters. The van der Waals surface area contributed by atoms with Gasteiger partial charge in [0.15, 0.2) is 0 Å². The van der Waals surface area contributed by atoms with Crippen molar-refractivity contribution in [2.45, 2.75) is 139 Å². The minimum Gasteiger partial charge on any atom is -0.324 e. The van der Waals surface area contributed by atoms with E-state index in [9.17, 15) is 0 Å². The maximum Gasteiger partial charge on any atom is 0.0248 e. The van der Waals surface area contributed by atoms with Crippen LogP contribution in [0, 0.1) is 45.8 Å². The van der Waals surface area contributed by atoms with Gasteiger partial charge in [0.1, 0.15) is 0 Å². The Balaban J connectivity index is 0.00000363. The van der Waals surface area contributed by atoms with E-state index in [4.69, 9.17) is 5.73 Å². The fourth-order valence-electron chi connectivity index (χ4n) is 9.92. The second kappa shape index (κ2) is 9.75. The topological polar surface area (TPSA) is 26.0 Å². The van der Waals surface area contributed by atoms with Crippen molar-refractivity contribution < 1.29 is 0 Å². The third kappa shape index (κ3) is 4.05. The van der Waals surface area contributed by atoms with E-state index in [1.165, 1.54) is 76.2 Å². The summed E-state index contributed by atoms with van der Waals surface area (Å²) in [6.45, 7) is 24.2. The summed E-state index contributed by atoms with van der Waals surface area (Å²) in [6.07, 6.45) is 14.6. The number of rotatable bonds is 7. The lowest BCUT2D eigenvalue weighted by Crippen LogP contribution is -2.74. The van der Waals surface area contributed by atoms with Crippen molar-refractivity contribution in [1.82, 2.24) is 0 Å². The molecule has 3 saturated carbocycles. The molecule has 3 rings (SSSR count). The molecule has 3 aliphatic carbocycles. The first-order chi connectivity index (χ1) is 14.4. The monoisotopic (exact) mass is 445 g/mol. The van der Waals surface area contributed by atoms with Gasteiger partial charge in [0.2, 0.25) is 0 Å². The fourth-order valence-corrected chi connectivity index (χ4v) is 9.92. The highest BCUT2D eigenvalue weighted by atomic mass is 14.9. The summed E-state index contributed by atoms with van der Waals surface area (Å²) in [5.41, 5.74) is 10.2. The van der Waals surface area contributed by atoms with E-state index in [1.54, 1.807) is 0 Å². The van der Waals surface area contributed by atoms with Crippen molar-refractivity contribution in [2.24, 2.45) is 51.6 Å². The van der Waals surface area contributed by atoms with Crippen LogP contribution in [0.4, 0.5) is 0 Å². The van der Waals surface area contributed by atoms with Gasteiger partial charge in [-0.05, 0) is 111 Å². The van der Waals surface area contributed by atoms with E-state index < -0.39 is 0 Å². The molecule has 1 nitrogen and oxygen atoms in total. The van der Waals surface area contributed by atoms with Crippen LogP contribution in [-0.2, 0) is 0 Å². The molecule has 3 aliphatic rings. The number of allylic oxidation sites excluding steroid dienone is 1. The van der Waals surface area contributed by atoms with E-state index in [1.807, 2.05) is 0 Å². The van der Waals surface area contributed by atoms with Crippen LogP contribution in [0.15, 0.2) is 12.2 Å². The molecular weight excluding hydrogens is 386 g/mol. The van der Waals surface area contributed by atoms with Gasteiger partial charge in [-0.25, -0.2) is 0 Å². The molecule has 9 atom stereocenters. The molecule has 0 saturated heterocycles. The Morgan fingerprint density at radius 3 is 2.34 bits per heavy atom. The Labute approximate surface area is 202 Å². The fraction of sp³-hybridized carbons (Fsp3) is 0.935. The van der Waals surface area contributed by atoms with Crippen molar-refractivity contribution in [1.29, 1.82) is 0 Å². The molecule has 0 aliphatic heterocycles. The molecule has 0 amide bonds. The van der Waals surface area contributed by atoms with Crippen molar-refractivity contribution in [3.05, 3.63) is 12.2 Å². The lowest BCUT2D eigenvalue weighted by molar-refractivity contribution is -0.200. The van der Waals surface area contributed by atoms with Crippen molar-refractivity contribution in [2.75, 3.05) is 0 Å². The normalized spacial score (nSPS) is 47.0. The Hall–Kier alpha value is -0.300. The highest BCUT2D eigenvalue weighted by molar-refractivity contribution is 5.20. The second-order valence-corrected chi connectivity index (χ2v) is 13.4. The summed E-state index contributed by atoms with van der Waals surface area (Å²) in [5, 5.41) is 0. The highest BCUT2D eigenvalue weighted by Crippen LogP contribution is 2.71. The zero-order valence-corrected chi connectivity index (χ0v) is 22.4. The Morgan fingerprint density at radius 1 is 1.12 bits per heavy atom. The maximum absolute atomic E-state index is 7.72. The van der Waals surface area contributed by atoms with Gasteiger partial charge in [0, 0.05) is 5.54 Å². The van der Waals surface area contributed by atoms with E-state index >= 15 is 0 Å². The molecule has 1 heteroatoms. The standard InChI is InChI=1S/C30H55N.CH4/c1-10-17-27(7)20-23(6)26-25-14-12-13-24(22(5)16-15-21(3)4)28(25,8)18-19-30(26,31)29(27,9)11-2;/h22-26H,3,10-20,31H2,1-2,4-9H3;1H4/t22-,23+,24-,25?,26+,27+,28-,29+,30-;/m1./s1. The van der Waals surface area contributed by atoms with Gasteiger partial charge >= 0.3 is 0 Å². The first kappa shape index (κ1) is 27.9. The Kier molecular flexibility index (Phi) is 8.51. The first-order valence-electron chi connectivity index (χ1n) is 13.8. The van der Waals surface area contributed by atoms with Gasteiger partial charge in [0.25, 0.3) is 0 Å². The molecule has 188 valence electrons. The number of hydrogen-bond acceptors (Lipinski definition) is 1. The van der Waals surface area contributed by atoms with Crippen LogP contribution in [0.25, 0.3) is 0 Å². The third-order valence-electron chi connectivity index (χ3n) is 11.8. The highest BCUT2D eigenvalue weighted by Gasteiger charge is 2.68. The van der Waals surface area contributed by atoms with Gasteiger partial charge in [-0.2, -0.15) is 0 Å². The van der Waals surface area contributed by atoms with Crippen molar-refractivity contribution in [3.8, 4) is 0 Å². The van der Waals surface area contributed by atoms with E-state index in [-0.39, 0.29) is 18.4 Å². The van der Waals surface area contributed by atoms with E-state index in [0.29, 0.717) is 16.7 Å². The van der Waals surface area contributed by atoms with Crippen LogP contribution in [-0.4, -0.2) is 5.54 Å². The smallest absolute Gasteiger partial charge is 0.0248 e. The third-order valence-corrected chi connectivity index (χ3v) is 11.8. The lowest BCUT2D eigenvalue weighted by Gasteiger charge is -2.72. The van der Waals surface area contributed by atoms with Crippen molar-refractivity contribution in [3.63, 3.8) is 0 Å². The molecule has 0 aromatic carbocycles. The summed E-state index contributed by atoms with van der Waals surface area (Å²) in [7, 11) is 0. The molecule has 0 bridgehead atoms. The lowest BCUT2D eigenvalue weighted by atomic mass is 9.35. The van der Waals surface area contributed by atoms with E-state index in [0.717, 1.165) is 23.7 Å². The molecule has 0 radical (unpaired) electrons. The van der Waals surface area contributed by atoms with Crippen LogP contribution in [0.3, 0.4) is 0 Å². The molecule has 0 heterocycles. The van der Waals surface area contributed by atoms with Gasteiger partial charge in [-0.15, -0.1) is 6.58 Å². The average Bonchev–Trinajstić information content (AvgIpc) is 2.70. The zero-order valence-electron chi connectivity index (χ0n) is 22.4. The first-order valence-corrected chi connectivity index (χ1v) is 13.8. The number of hydrogen-bond donors (Lipinski definition) is 1. The summed E-state index contributed by atoms with van der Waals surface area (Å²) in [5.74, 6) is 3.91. The molecule has 0 aromatic heterocycles. The van der Waals surface area contributed by atoms with Gasteiger partial charge in [-0.1, -0.05) is 74.3 Å². The Morgan fingerprint density at radius 2 is 1.78 bits per heavy atom. The summed E-state index contributed by atoms with van der Waals surface area (Å²) in [6, 6.07) is 0. The maximum atomic E-state index is 7.72. The molecule has 0 aromatic rings. The summed E-state index contributed by atoms with van der Waals surface area (Å²) in [4.78, 5) is 0. The van der Waals surface area contributed by atoms with Gasteiger partial charge in [0.05, 0.1) is 0 Å². The van der Waals surface area contributed by atoms with E-state index in [2.05, 4.69) is 62.0 Å². The zero-order chi connectivity index (χ0) is 23.2. The van der Waals surface area contributed by atoms with Gasteiger partial charge < -0.3 is 5.73 Å². The van der Waals surface area contributed by atoms with Crippen LogP contribution >= 0.6 is 0 Å². The van der Waals surface area contributed by atoms with Crippen LogP contribution in [0.1, 0.15) is 133 Å². The minimum atomic E-state index is -0.00363. The summed E-state index contributed by atoms with van der Waals surface area (Å²) >= 11 is 0. The van der Waals surface area contributed by atoms with Crippen LogP contribution < -0.4 is 5.73 Å². The largest absolute Gasteiger partial charge is 0.324 e.